The molecule has 2 rings (SSSR count). The van der Waals surface area contributed by atoms with Crippen molar-refractivity contribution >= 4 is 51.2 Å². The lowest BCUT2D eigenvalue weighted by molar-refractivity contribution is -0.144. The van der Waals surface area contributed by atoms with Crippen LogP contribution in [0.5, 0.6) is 5.75 Å². The molecule has 110 valence electrons. The number of hydrogen-bond acceptors (Lipinski definition) is 2. The molecule has 1 saturated carbocycles. The van der Waals surface area contributed by atoms with Gasteiger partial charge in [-0.3, -0.25) is 4.79 Å². The maximum Gasteiger partial charge on any atom is 0.307 e. The number of aromatic hydroxyl groups is 1. The third-order valence-corrected chi connectivity index (χ3v) is 5.71. The molecule has 2 N–H and O–H groups in total. The minimum absolute atomic E-state index is 0.291. The lowest BCUT2D eigenvalue weighted by Crippen LogP contribution is -2.27. The summed E-state index contributed by atoms with van der Waals surface area (Å²) in [6.45, 7) is 0. The number of carbonyl (C=O) groups is 1. The largest absolute Gasteiger partial charge is 0.506 e. The fourth-order valence-electron chi connectivity index (χ4n) is 2.98. The number of hydrogen-bond donors (Lipinski definition) is 2. The predicted molar refractivity (Wildman–Crippen MR) is 94.9 cm³/mol. The Hall–Kier alpha value is -0.0500. The quantitative estimate of drug-likeness (QED) is 0.603. The van der Waals surface area contributed by atoms with Gasteiger partial charge >= 0.3 is 5.97 Å². The van der Waals surface area contributed by atoms with Gasteiger partial charge in [-0.25, -0.2) is 0 Å². The average Bonchev–Trinajstić information content (AvgIpc) is 2.42. The van der Waals surface area contributed by atoms with E-state index in [1.807, 2.05) is 12.1 Å². The Labute approximate surface area is 146 Å². The fraction of sp³-hybridized carbons (Fsp3) is 0.533. The van der Waals surface area contributed by atoms with Gasteiger partial charge in [-0.05, 0) is 88.1 Å². The number of phenols is 1. The summed E-state index contributed by atoms with van der Waals surface area (Å²) in [6, 6.07) is 3.80. The summed E-state index contributed by atoms with van der Waals surface area (Å²) in [5.41, 5.74) is 1.01. The zero-order chi connectivity index (χ0) is 14.7. The molecule has 1 aromatic carbocycles. The smallest absolute Gasteiger partial charge is 0.307 e. The van der Waals surface area contributed by atoms with Crippen molar-refractivity contribution in [3.63, 3.8) is 0 Å². The molecule has 0 bridgehead atoms. The van der Waals surface area contributed by atoms with E-state index in [0.29, 0.717) is 18.1 Å². The van der Waals surface area contributed by atoms with Crippen molar-refractivity contribution < 1.29 is 15.0 Å². The summed E-state index contributed by atoms with van der Waals surface area (Å²) in [5.74, 6) is -0.397. The number of rotatable bonds is 4. The first-order chi connectivity index (χ1) is 9.49. The maximum absolute atomic E-state index is 11.6. The van der Waals surface area contributed by atoms with Crippen molar-refractivity contribution in [1.82, 2.24) is 0 Å². The lowest BCUT2D eigenvalue weighted by Gasteiger charge is -2.27. The highest BCUT2D eigenvalue weighted by Gasteiger charge is 2.29. The normalized spacial score (nSPS) is 17.9. The van der Waals surface area contributed by atoms with Crippen LogP contribution < -0.4 is 0 Å². The van der Waals surface area contributed by atoms with Crippen LogP contribution in [0.15, 0.2) is 12.1 Å². The summed E-state index contributed by atoms with van der Waals surface area (Å²) in [6.07, 6.45) is 6.16. The number of phenolic OH excluding ortho intramolecular Hbond substituents is 1. The van der Waals surface area contributed by atoms with Crippen LogP contribution >= 0.6 is 45.2 Å². The third kappa shape index (κ3) is 3.99. The van der Waals surface area contributed by atoms with Crippen LogP contribution in [0.1, 0.15) is 37.7 Å². The number of carboxylic acids is 1. The second kappa shape index (κ2) is 7.29. The van der Waals surface area contributed by atoms with E-state index >= 15 is 0 Å². The highest BCUT2D eigenvalue weighted by Crippen LogP contribution is 2.34. The maximum atomic E-state index is 11.6. The molecule has 5 heteroatoms. The first-order valence-corrected chi connectivity index (χ1v) is 9.04. The van der Waals surface area contributed by atoms with E-state index in [9.17, 15) is 15.0 Å². The summed E-state index contributed by atoms with van der Waals surface area (Å²) in [4.78, 5) is 11.6. The van der Waals surface area contributed by atoms with E-state index in [1.165, 1.54) is 6.42 Å². The molecular weight excluding hydrogens is 482 g/mol. The highest BCUT2D eigenvalue weighted by molar-refractivity contribution is 14.1. The Morgan fingerprint density at radius 3 is 2.25 bits per heavy atom. The number of carboxylic acid groups (broad SMARTS) is 1. The topological polar surface area (TPSA) is 57.5 Å². The van der Waals surface area contributed by atoms with E-state index in [0.717, 1.165) is 38.4 Å². The van der Waals surface area contributed by atoms with Gasteiger partial charge < -0.3 is 10.2 Å². The predicted octanol–water partition coefficient (Wildman–Crippen LogP) is 4.43. The minimum atomic E-state index is -0.685. The molecule has 20 heavy (non-hydrogen) atoms. The molecule has 0 radical (unpaired) electrons. The van der Waals surface area contributed by atoms with E-state index in [2.05, 4.69) is 45.2 Å². The van der Waals surface area contributed by atoms with Crippen LogP contribution in [-0.2, 0) is 11.2 Å². The SMILES string of the molecule is O=C(O)[C@H](Cc1cc(I)c(O)c(I)c1)C1CCCCC1. The number of halogens is 2. The molecule has 0 aromatic heterocycles. The number of benzene rings is 1. The first kappa shape index (κ1) is 16.3. The molecule has 1 aromatic rings. The molecule has 1 fully saturated rings. The summed E-state index contributed by atoms with van der Waals surface area (Å²) in [5, 5.41) is 19.3. The molecule has 0 aliphatic heterocycles. The van der Waals surface area contributed by atoms with E-state index in [1.54, 1.807) is 0 Å². The van der Waals surface area contributed by atoms with Gasteiger partial charge in [0.05, 0.1) is 13.1 Å². The Kier molecular flexibility index (Phi) is 5.95. The molecule has 0 heterocycles. The second-order valence-corrected chi connectivity index (χ2v) is 7.78. The Bertz CT molecular complexity index is 473. The molecule has 0 amide bonds. The molecule has 1 aliphatic rings. The molecule has 0 saturated heterocycles. The molecular formula is C15H18I2O3. The van der Waals surface area contributed by atoms with E-state index < -0.39 is 5.97 Å². The van der Waals surface area contributed by atoms with Gasteiger partial charge in [-0.15, -0.1) is 0 Å². The monoisotopic (exact) mass is 500 g/mol. The van der Waals surface area contributed by atoms with Crippen molar-refractivity contribution in [1.29, 1.82) is 0 Å². The third-order valence-electron chi connectivity index (χ3n) is 4.07. The zero-order valence-corrected chi connectivity index (χ0v) is 15.4. The van der Waals surface area contributed by atoms with Gasteiger partial charge in [-0.2, -0.15) is 0 Å². The standard InChI is InChI=1S/C15H18I2O3/c16-12-7-9(8-13(17)14(12)18)6-11(15(19)20)10-4-2-1-3-5-10/h7-8,10-11,18H,1-6H2,(H,19,20)/t11-/m1/s1. The fourth-order valence-corrected chi connectivity index (χ4v) is 4.88. The summed E-state index contributed by atoms with van der Waals surface area (Å²) >= 11 is 4.18. The van der Waals surface area contributed by atoms with Crippen molar-refractivity contribution in [3.8, 4) is 5.75 Å². The van der Waals surface area contributed by atoms with Crippen LogP contribution in [-0.4, -0.2) is 16.2 Å². The zero-order valence-electron chi connectivity index (χ0n) is 11.1. The second-order valence-electron chi connectivity index (χ2n) is 5.46. The van der Waals surface area contributed by atoms with Crippen LogP contribution in [0.3, 0.4) is 0 Å². The van der Waals surface area contributed by atoms with Gasteiger partial charge in [0, 0.05) is 0 Å². The minimum Gasteiger partial charge on any atom is -0.506 e. The van der Waals surface area contributed by atoms with Crippen LogP contribution in [0, 0.1) is 19.0 Å². The van der Waals surface area contributed by atoms with Crippen LogP contribution in [0.25, 0.3) is 0 Å². The van der Waals surface area contributed by atoms with E-state index in [-0.39, 0.29) is 5.92 Å². The molecule has 1 atom stereocenters. The van der Waals surface area contributed by atoms with Gasteiger partial charge in [0.1, 0.15) is 5.75 Å². The summed E-state index contributed by atoms with van der Waals surface area (Å²) in [7, 11) is 0. The van der Waals surface area contributed by atoms with Crippen LogP contribution in [0.2, 0.25) is 0 Å². The van der Waals surface area contributed by atoms with Crippen molar-refractivity contribution in [3.05, 3.63) is 24.8 Å². The van der Waals surface area contributed by atoms with Crippen molar-refractivity contribution in [2.24, 2.45) is 11.8 Å². The lowest BCUT2D eigenvalue weighted by atomic mass is 9.77. The first-order valence-electron chi connectivity index (χ1n) is 6.88. The van der Waals surface area contributed by atoms with Crippen LogP contribution in [0.4, 0.5) is 0 Å². The van der Waals surface area contributed by atoms with Gasteiger partial charge in [0.25, 0.3) is 0 Å². The van der Waals surface area contributed by atoms with Crippen molar-refractivity contribution in [2.45, 2.75) is 38.5 Å². The Balaban J connectivity index is 2.17. The van der Waals surface area contributed by atoms with Gasteiger partial charge in [-0.1, -0.05) is 19.3 Å². The molecule has 3 nitrogen and oxygen atoms in total. The summed E-state index contributed by atoms with van der Waals surface area (Å²) < 4.78 is 1.58. The Morgan fingerprint density at radius 1 is 1.20 bits per heavy atom. The molecule has 0 spiro atoms. The van der Waals surface area contributed by atoms with Gasteiger partial charge in [0.15, 0.2) is 0 Å². The average molecular weight is 500 g/mol. The number of aliphatic carboxylic acids is 1. The molecule has 0 unspecified atom stereocenters. The molecule has 1 aliphatic carbocycles. The van der Waals surface area contributed by atoms with Crippen molar-refractivity contribution in [2.75, 3.05) is 0 Å². The Morgan fingerprint density at radius 2 is 1.75 bits per heavy atom. The van der Waals surface area contributed by atoms with E-state index in [4.69, 9.17) is 0 Å². The van der Waals surface area contributed by atoms with Gasteiger partial charge in [0.2, 0.25) is 0 Å². The highest BCUT2D eigenvalue weighted by atomic mass is 127.